The Morgan fingerprint density at radius 1 is 1.05 bits per heavy atom. The summed E-state index contributed by atoms with van der Waals surface area (Å²) in [5.41, 5.74) is 9.12. The number of hydrogen-bond acceptors (Lipinski definition) is 2. The maximum Gasteiger partial charge on any atom is 0.0873 e. The second-order valence-corrected chi connectivity index (χ2v) is 5.72. The third-order valence-electron chi connectivity index (χ3n) is 3.69. The fourth-order valence-electron chi connectivity index (χ4n) is 2.56. The van der Waals surface area contributed by atoms with E-state index < -0.39 is 6.10 Å². The number of benzene rings is 2. The van der Waals surface area contributed by atoms with Crippen LogP contribution in [0.1, 0.15) is 35.6 Å². The van der Waals surface area contributed by atoms with Gasteiger partial charge in [-0.25, -0.2) is 0 Å². The van der Waals surface area contributed by atoms with E-state index in [9.17, 15) is 5.11 Å². The lowest BCUT2D eigenvalue weighted by Crippen LogP contribution is -2.21. The fourth-order valence-corrected chi connectivity index (χ4v) is 3.14. The van der Waals surface area contributed by atoms with E-state index in [0.29, 0.717) is 6.54 Å². The first kappa shape index (κ1) is 15.2. The molecule has 0 amide bonds. The number of halogens is 1. The van der Waals surface area contributed by atoms with Gasteiger partial charge in [-0.05, 0) is 29.2 Å². The second-order valence-electron chi connectivity index (χ2n) is 4.86. The molecule has 2 aromatic rings. The second kappa shape index (κ2) is 7.02. The van der Waals surface area contributed by atoms with E-state index in [1.807, 2.05) is 42.5 Å². The van der Waals surface area contributed by atoms with Crippen molar-refractivity contribution in [2.24, 2.45) is 5.73 Å². The maximum absolute atomic E-state index is 10.8. The van der Waals surface area contributed by atoms with Crippen molar-refractivity contribution in [2.75, 3.05) is 6.54 Å². The van der Waals surface area contributed by atoms with E-state index >= 15 is 0 Å². The summed E-state index contributed by atoms with van der Waals surface area (Å²) >= 11 is 3.55. The third kappa shape index (κ3) is 3.11. The van der Waals surface area contributed by atoms with Gasteiger partial charge < -0.3 is 10.8 Å². The van der Waals surface area contributed by atoms with Gasteiger partial charge in [0, 0.05) is 16.9 Å². The van der Waals surface area contributed by atoms with Crippen molar-refractivity contribution in [1.82, 2.24) is 0 Å². The molecule has 0 fully saturated rings. The molecule has 0 aliphatic heterocycles. The Morgan fingerprint density at radius 2 is 1.65 bits per heavy atom. The lowest BCUT2D eigenvalue weighted by atomic mass is 9.87. The van der Waals surface area contributed by atoms with Crippen LogP contribution in [0.2, 0.25) is 0 Å². The minimum Gasteiger partial charge on any atom is -0.388 e. The molecule has 2 unspecified atom stereocenters. The van der Waals surface area contributed by atoms with Crippen molar-refractivity contribution in [2.45, 2.75) is 25.4 Å². The molecule has 2 nitrogen and oxygen atoms in total. The topological polar surface area (TPSA) is 46.2 Å². The molecule has 20 heavy (non-hydrogen) atoms. The molecule has 0 saturated heterocycles. The maximum atomic E-state index is 10.8. The number of nitrogens with two attached hydrogens (primary N) is 1. The van der Waals surface area contributed by atoms with Crippen LogP contribution in [0.4, 0.5) is 0 Å². The predicted octanol–water partition coefficient (Wildman–Crippen LogP) is 3.79. The number of hydrogen-bond donors (Lipinski definition) is 2. The number of aryl methyl sites for hydroxylation is 1. The van der Waals surface area contributed by atoms with Gasteiger partial charge in [0.15, 0.2) is 0 Å². The molecule has 0 heterocycles. The zero-order valence-electron chi connectivity index (χ0n) is 11.6. The van der Waals surface area contributed by atoms with Crippen LogP contribution < -0.4 is 5.73 Å². The molecule has 3 N–H and O–H groups in total. The molecule has 2 atom stereocenters. The van der Waals surface area contributed by atoms with Gasteiger partial charge >= 0.3 is 0 Å². The fraction of sp³-hybridized carbons (Fsp3) is 0.294. The van der Waals surface area contributed by atoms with E-state index in [2.05, 4.69) is 28.9 Å². The number of rotatable bonds is 5. The first-order valence-electron chi connectivity index (χ1n) is 6.89. The van der Waals surface area contributed by atoms with Gasteiger partial charge in [-0.3, -0.25) is 0 Å². The van der Waals surface area contributed by atoms with E-state index in [1.54, 1.807) is 0 Å². The van der Waals surface area contributed by atoms with Gasteiger partial charge in [-0.15, -0.1) is 0 Å². The highest BCUT2D eigenvalue weighted by molar-refractivity contribution is 9.10. The van der Waals surface area contributed by atoms with Crippen molar-refractivity contribution < 1.29 is 5.11 Å². The summed E-state index contributed by atoms with van der Waals surface area (Å²) in [5, 5.41) is 10.8. The van der Waals surface area contributed by atoms with Crippen molar-refractivity contribution in [3.05, 3.63) is 69.7 Å². The van der Waals surface area contributed by atoms with Gasteiger partial charge in [0.2, 0.25) is 0 Å². The van der Waals surface area contributed by atoms with Crippen LogP contribution in [0.15, 0.2) is 53.0 Å². The van der Waals surface area contributed by atoms with E-state index in [0.717, 1.165) is 22.0 Å². The van der Waals surface area contributed by atoms with Crippen LogP contribution in [-0.4, -0.2) is 11.7 Å². The summed E-state index contributed by atoms with van der Waals surface area (Å²) in [6.45, 7) is 2.50. The molecule has 0 bridgehead atoms. The summed E-state index contributed by atoms with van der Waals surface area (Å²) in [5.74, 6) is -0.113. The van der Waals surface area contributed by atoms with Gasteiger partial charge in [-0.2, -0.15) is 0 Å². The molecule has 3 heteroatoms. The summed E-state index contributed by atoms with van der Waals surface area (Å²) in [6, 6.07) is 16.0. The van der Waals surface area contributed by atoms with Crippen LogP contribution in [0.5, 0.6) is 0 Å². The first-order chi connectivity index (χ1) is 9.69. The molecule has 0 saturated carbocycles. The van der Waals surface area contributed by atoms with E-state index in [4.69, 9.17) is 5.73 Å². The number of aliphatic hydroxyl groups excluding tert-OH is 1. The highest BCUT2D eigenvalue weighted by Gasteiger charge is 2.24. The summed E-state index contributed by atoms with van der Waals surface area (Å²) in [7, 11) is 0. The molecule has 2 rings (SSSR count). The van der Waals surface area contributed by atoms with Crippen molar-refractivity contribution >= 4 is 15.9 Å². The van der Waals surface area contributed by atoms with Gasteiger partial charge in [0.1, 0.15) is 0 Å². The Morgan fingerprint density at radius 3 is 2.25 bits per heavy atom. The molecule has 2 aromatic carbocycles. The Labute approximate surface area is 128 Å². The largest absolute Gasteiger partial charge is 0.388 e. The summed E-state index contributed by atoms with van der Waals surface area (Å²) in [6.07, 6.45) is 0.315. The van der Waals surface area contributed by atoms with Crippen molar-refractivity contribution in [3.63, 3.8) is 0 Å². The van der Waals surface area contributed by atoms with Crippen LogP contribution in [-0.2, 0) is 6.42 Å². The molecular formula is C17H20BrNO. The molecule has 0 aliphatic rings. The van der Waals surface area contributed by atoms with Gasteiger partial charge in [0.05, 0.1) is 6.10 Å². The molecule has 0 spiro atoms. The quantitative estimate of drug-likeness (QED) is 0.874. The third-order valence-corrected chi connectivity index (χ3v) is 4.42. The lowest BCUT2D eigenvalue weighted by molar-refractivity contribution is 0.146. The van der Waals surface area contributed by atoms with Crippen LogP contribution in [0.25, 0.3) is 0 Å². The average molecular weight is 334 g/mol. The Balaban J connectivity index is 2.39. The van der Waals surface area contributed by atoms with Crippen LogP contribution in [0.3, 0.4) is 0 Å². The Hall–Kier alpha value is -1.16. The molecule has 0 aliphatic carbocycles. The smallest absolute Gasteiger partial charge is 0.0873 e. The summed E-state index contributed by atoms with van der Waals surface area (Å²) < 4.78 is 0.989. The molecule has 0 aromatic heterocycles. The highest BCUT2D eigenvalue weighted by atomic mass is 79.9. The van der Waals surface area contributed by atoms with Crippen LogP contribution in [0, 0.1) is 0 Å². The van der Waals surface area contributed by atoms with E-state index in [1.165, 1.54) is 5.56 Å². The molecule has 106 valence electrons. The molecule has 0 radical (unpaired) electrons. The Bertz CT molecular complexity index is 570. The molecular weight excluding hydrogens is 314 g/mol. The van der Waals surface area contributed by atoms with E-state index in [-0.39, 0.29) is 5.92 Å². The Kier molecular flexibility index (Phi) is 5.35. The van der Waals surface area contributed by atoms with Gasteiger partial charge in [0.25, 0.3) is 0 Å². The van der Waals surface area contributed by atoms with Gasteiger partial charge in [-0.1, -0.05) is 65.3 Å². The minimum absolute atomic E-state index is 0.113. The normalized spacial score (nSPS) is 14.0. The summed E-state index contributed by atoms with van der Waals surface area (Å²) in [4.78, 5) is 0. The number of aliphatic hydroxyl groups is 1. The monoisotopic (exact) mass is 333 g/mol. The highest BCUT2D eigenvalue weighted by Crippen LogP contribution is 2.35. The van der Waals surface area contributed by atoms with Crippen LogP contribution >= 0.6 is 15.9 Å². The lowest BCUT2D eigenvalue weighted by Gasteiger charge is -2.25. The average Bonchev–Trinajstić information content (AvgIpc) is 2.49. The van der Waals surface area contributed by atoms with Crippen molar-refractivity contribution in [3.8, 4) is 0 Å². The standard InChI is InChI=1S/C17H20BrNO/c1-2-12-7-3-4-8-13(12)17(20)15(11-19)14-9-5-6-10-16(14)18/h3-10,15,17,20H,2,11,19H2,1H3. The SMILES string of the molecule is CCc1ccccc1C(O)C(CN)c1ccccc1Br. The zero-order valence-corrected chi connectivity index (χ0v) is 13.2. The minimum atomic E-state index is -0.588. The first-order valence-corrected chi connectivity index (χ1v) is 7.68. The van der Waals surface area contributed by atoms with Crippen molar-refractivity contribution in [1.29, 1.82) is 0 Å². The zero-order chi connectivity index (χ0) is 14.5. The predicted molar refractivity (Wildman–Crippen MR) is 86.7 cm³/mol.